The van der Waals surface area contributed by atoms with E-state index in [1.165, 1.54) is 44.5 Å². The van der Waals surface area contributed by atoms with Crippen LogP contribution in [0.15, 0.2) is 261 Å². The maximum Gasteiger partial charge on any atom is 0.227 e. The van der Waals surface area contributed by atoms with Crippen LogP contribution in [0.3, 0.4) is 0 Å². The second kappa shape index (κ2) is 24.5. The van der Waals surface area contributed by atoms with Gasteiger partial charge in [0.1, 0.15) is 33.4 Å². The lowest BCUT2D eigenvalue weighted by Crippen LogP contribution is -1.86. The van der Waals surface area contributed by atoms with Crippen LogP contribution in [0.2, 0.25) is 0 Å². The normalized spacial score (nSPS) is 11.6. The molecule has 0 N–H and O–H groups in total. The van der Waals surface area contributed by atoms with Crippen molar-refractivity contribution in [2.24, 2.45) is 0 Å². The molecule has 0 fully saturated rings. The molecule has 16 rings (SSSR count). The molecule has 0 aliphatic carbocycles. The fourth-order valence-corrected chi connectivity index (χ4v) is 11.6. The van der Waals surface area contributed by atoms with Gasteiger partial charge in [0.25, 0.3) is 0 Å². The van der Waals surface area contributed by atoms with Crippen molar-refractivity contribution < 1.29 is 17.7 Å². The molecule has 8 aromatic heterocycles. The molecule has 8 nitrogen and oxygen atoms in total. The third-order valence-corrected chi connectivity index (χ3v) is 16.7. The molecule has 0 aliphatic rings. The van der Waals surface area contributed by atoms with E-state index in [-0.39, 0.29) is 0 Å². The van der Waals surface area contributed by atoms with Gasteiger partial charge < -0.3 is 17.7 Å². The molecule has 88 heavy (non-hydrogen) atoms. The summed E-state index contributed by atoms with van der Waals surface area (Å²) in [7, 11) is 0. The van der Waals surface area contributed by atoms with E-state index in [9.17, 15) is 0 Å². The minimum Gasteiger partial charge on any atom is -0.455 e. The first-order valence-corrected chi connectivity index (χ1v) is 30.4. The summed E-state index contributed by atoms with van der Waals surface area (Å²) in [6, 6.07) is 71.9. The Morgan fingerprint density at radius 2 is 0.636 bits per heavy atom. The number of hydrogen-bond acceptors (Lipinski definition) is 8. The Morgan fingerprint density at radius 3 is 1.14 bits per heavy atom. The molecular weight excluding hydrogens is 1080 g/mol. The molecule has 432 valence electrons. The van der Waals surface area contributed by atoms with Crippen LogP contribution in [0.25, 0.3) is 133 Å². The predicted octanol–water partition coefficient (Wildman–Crippen LogP) is 23.1. The summed E-state index contributed by atoms with van der Waals surface area (Å²) in [6.07, 6.45) is 10.8. The molecular formula is C80H68N4O4. The zero-order valence-electron chi connectivity index (χ0n) is 50.8. The van der Waals surface area contributed by atoms with Crippen LogP contribution >= 0.6 is 0 Å². The Morgan fingerprint density at radius 1 is 0.261 bits per heavy atom. The summed E-state index contributed by atoms with van der Waals surface area (Å²) in [5.74, 6) is 2.17. The summed E-state index contributed by atoms with van der Waals surface area (Å²) in [6.45, 7) is 17.7. The molecule has 8 aromatic carbocycles. The van der Waals surface area contributed by atoms with Gasteiger partial charge in [-0.2, -0.15) is 0 Å². The monoisotopic (exact) mass is 1150 g/mol. The lowest BCUT2D eigenvalue weighted by atomic mass is 9.98. The average molecular weight is 1150 g/mol. The molecule has 0 bridgehead atoms. The van der Waals surface area contributed by atoms with Crippen molar-refractivity contribution in [3.8, 4) is 44.5 Å². The van der Waals surface area contributed by atoms with E-state index in [0.717, 1.165) is 105 Å². The van der Waals surface area contributed by atoms with Gasteiger partial charge in [-0.3, -0.25) is 15.0 Å². The molecule has 8 heterocycles. The first-order valence-electron chi connectivity index (χ1n) is 30.4. The Hall–Kier alpha value is -10.4. The van der Waals surface area contributed by atoms with Crippen molar-refractivity contribution in [2.75, 3.05) is 0 Å². The number of pyridine rings is 4. The molecule has 16 aromatic rings. The summed E-state index contributed by atoms with van der Waals surface area (Å²) in [5, 5.41) is 7.70. The number of para-hydroxylation sites is 4. The smallest absolute Gasteiger partial charge is 0.227 e. The van der Waals surface area contributed by atoms with E-state index in [4.69, 9.17) is 17.7 Å². The zero-order valence-corrected chi connectivity index (χ0v) is 50.8. The van der Waals surface area contributed by atoms with Crippen molar-refractivity contribution in [3.05, 3.63) is 266 Å². The largest absolute Gasteiger partial charge is 0.455 e. The number of fused-ring (bicyclic) bond motifs is 12. The molecule has 0 radical (unpaired) electrons. The predicted molar refractivity (Wildman–Crippen MR) is 364 cm³/mol. The van der Waals surface area contributed by atoms with E-state index in [0.29, 0.717) is 29.4 Å². The Kier molecular flexibility index (Phi) is 15.8. The van der Waals surface area contributed by atoms with E-state index in [1.54, 1.807) is 31.0 Å². The lowest BCUT2D eigenvalue weighted by Gasteiger charge is -2.07. The number of aromatic nitrogens is 4. The van der Waals surface area contributed by atoms with E-state index in [2.05, 4.69) is 251 Å². The average Bonchev–Trinajstić information content (AvgIpc) is 3.08. The van der Waals surface area contributed by atoms with Crippen molar-refractivity contribution in [2.45, 2.75) is 79.1 Å². The highest BCUT2D eigenvalue weighted by atomic mass is 16.3. The molecule has 0 saturated heterocycles. The zero-order chi connectivity index (χ0) is 60.4. The van der Waals surface area contributed by atoms with Crippen molar-refractivity contribution in [1.82, 2.24) is 19.9 Å². The van der Waals surface area contributed by atoms with Gasteiger partial charge in [0, 0.05) is 90.9 Å². The summed E-state index contributed by atoms with van der Waals surface area (Å²) < 4.78 is 24.2. The van der Waals surface area contributed by atoms with Crippen LogP contribution in [0.1, 0.15) is 101 Å². The van der Waals surface area contributed by atoms with Crippen molar-refractivity contribution >= 4 is 88.0 Å². The van der Waals surface area contributed by atoms with Crippen LogP contribution in [0, 0.1) is 0 Å². The highest BCUT2D eigenvalue weighted by molar-refractivity contribution is 6.11. The number of furan rings is 4. The Balaban J connectivity index is 0.000000108. The van der Waals surface area contributed by atoms with Crippen LogP contribution in [-0.4, -0.2) is 19.9 Å². The molecule has 0 aliphatic heterocycles. The topological polar surface area (TPSA) is 104 Å². The first kappa shape index (κ1) is 56.7. The van der Waals surface area contributed by atoms with Crippen molar-refractivity contribution in [1.29, 1.82) is 0 Å². The highest BCUT2D eigenvalue weighted by Crippen LogP contribution is 2.40. The van der Waals surface area contributed by atoms with Crippen LogP contribution in [0.4, 0.5) is 0 Å². The quantitative estimate of drug-likeness (QED) is 0.148. The minimum atomic E-state index is 0.542. The molecule has 0 spiro atoms. The van der Waals surface area contributed by atoms with Gasteiger partial charge >= 0.3 is 0 Å². The first-order chi connectivity index (χ1) is 42.9. The van der Waals surface area contributed by atoms with E-state index < -0.39 is 0 Å². The lowest BCUT2D eigenvalue weighted by molar-refractivity contribution is 0.655. The fraction of sp³-hybridized carbons (Fsp3) is 0.150. The van der Waals surface area contributed by atoms with Crippen LogP contribution < -0.4 is 0 Å². The SMILES string of the molecule is CC(C)c1ccc(-c2cccc3c2oc2cccnc23)cc1.CC(C)c1ccc(-c2cccc3c2oc2ccncc23)cc1.CC(C)c1ccc(-c2cccc3c2oc2cnccc23)cc1.CC(C)c1ccc(-c2cccc3c2oc2ncccc23)cc1. The number of nitrogens with zero attached hydrogens (tertiary/aromatic N) is 4. The van der Waals surface area contributed by atoms with Gasteiger partial charge in [0.15, 0.2) is 11.2 Å². The minimum absolute atomic E-state index is 0.542. The maximum atomic E-state index is 6.08. The van der Waals surface area contributed by atoms with Gasteiger partial charge in [0.2, 0.25) is 5.71 Å². The van der Waals surface area contributed by atoms with E-state index in [1.807, 2.05) is 36.5 Å². The van der Waals surface area contributed by atoms with Gasteiger partial charge in [0.05, 0.1) is 6.20 Å². The number of hydrogen-bond donors (Lipinski definition) is 0. The third kappa shape index (κ3) is 11.2. The molecule has 0 saturated carbocycles. The standard InChI is InChI=1S/4C20H17NO/c1-13(2)14-8-10-15(11-9-14)16-5-3-6-17-19-18(22-20(16)17)7-4-12-21-19;1-13(2)14-8-10-15(11-9-14)16-5-3-6-17-18-7-4-12-21-20(18)22-19(16)17;1-13(2)14-6-8-15(9-7-14)16-4-3-5-18-17-10-11-21-12-19(17)22-20(16)18;1-13(2)14-6-8-15(9-7-14)16-4-3-5-17-18-12-21-11-10-19(18)22-20(16)17/h4*3-13H,1-2H3. The van der Waals surface area contributed by atoms with Gasteiger partial charge in [-0.25, -0.2) is 4.98 Å². The molecule has 0 amide bonds. The van der Waals surface area contributed by atoms with Gasteiger partial charge in [-0.1, -0.05) is 219 Å². The summed E-state index contributed by atoms with van der Waals surface area (Å²) in [4.78, 5) is 17.1. The third-order valence-electron chi connectivity index (χ3n) is 16.7. The van der Waals surface area contributed by atoms with Crippen molar-refractivity contribution in [3.63, 3.8) is 0 Å². The number of rotatable bonds is 8. The fourth-order valence-electron chi connectivity index (χ4n) is 11.6. The number of benzene rings is 8. The summed E-state index contributed by atoms with van der Waals surface area (Å²) in [5.41, 5.74) is 22.5. The van der Waals surface area contributed by atoms with Gasteiger partial charge in [-0.05, 0) is 111 Å². The Labute approximate surface area is 512 Å². The highest BCUT2D eigenvalue weighted by Gasteiger charge is 2.17. The molecule has 8 heteroatoms. The van der Waals surface area contributed by atoms with Gasteiger partial charge in [-0.15, -0.1) is 0 Å². The second-order valence-corrected chi connectivity index (χ2v) is 23.7. The van der Waals surface area contributed by atoms with Crippen LogP contribution in [0.5, 0.6) is 0 Å². The second-order valence-electron chi connectivity index (χ2n) is 23.7. The maximum absolute atomic E-state index is 6.08. The molecule has 0 atom stereocenters. The van der Waals surface area contributed by atoms with E-state index >= 15 is 0 Å². The molecule has 0 unspecified atom stereocenters. The Bertz CT molecular complexity index is 4440. The summed E-state index contributed by atoms with van der Waals surface area (Å²) >= 11 is 0. The van der Waals surface area contributed by atoms with Crippen LogP contribution in [-0.2, 0) is 0 Å².